The summed E-state index contributed by atoms with van der Waals surface area (Å²) in [6.45, 7) is 16.1. The van der Waals surface area contributed by atoms with Crippen molar-refractivity contribution in [2.24, 2.45) is 0 Å². The van der Waals surface area contributed by atoms with E-state index in [2.05, 4.69) is 6.58 Å². The van der Waals surface area contributed by atoms with E-state index < -0.39 is 5.97 Å². The summed E-state index contributed by atoms with van der Waals surface area (Å²) in [4.78, 5) is 10.3. The van der Waals surface area contributed by atoms with E-state index in [1.807, 2.05) is 0 Å². The van der Waals surface area contributed by atoms with Gasteiger partial charge in [-0.05, 0) is 0 Å². The van der Waals surface area contributed by atoms with Crippen LogP contribution < -0.4 is 0 Å². The number of ether oxygens (including phenoxy) is 13. The van der Waals surface area contributed by atoms with Crippen LogP contribution in [0.4, 0.5) is 0 Å². The van der Waals surface area contributed by atoms with Crippen molar-refractivity contribution in [1.29, 1.82) is 0 Å². The molecule has 0 saturated heterocycles. The maximum absolute atomic E-state index is 10.3. The lowest BCUT2D eigenvalue weighted by atomic mass is 10.5. The molecule has 0 aromatic heterocycles. The molecule has 268 valence electrons. The lowest BCUT2D eigenvalue weighted by Gasteiger charge is -2.09. The Labute approximate surface area is 268 Å². The summed E-state index contributed by atoms with van der Waals surface area (Å²) in [6, 6.07) is 0. The Balaban J connectivity index is 3.04. The molecule has 0 amide bonds. The minimum absolute atomic E-state index is 0.00301. The zero-order chi connectivity index (χ0) is 32.6. The summed E-state index contributed by atoms with van der Waals surface area (Å²) in [5, 5.41) is 8.48. The fraction of sp³-hybridized carbons (Fsp3) is 0.900. The van der Waals surface area contributed by atoms with Gasteiger partial charge in [0.25, 0.3) is 0 Å². The molecule has 0 aliphatic rings. The van der Waals surface area contributed by atoms with Crippen molar-refractivity contribution < 1.29 is 71.5 Å². The molecule has 0 fully saturated rings. The number of hydrogen-bond donors (Lipinski definition) is 1. The number of rotatable bonds is 41. The molecule has 0 aromatic carbocycles. The van der Waals surface area contributed by atoms with Crippen molar-refractivity contribution >= 4 is 5.97 Å². The molecule has 0 bridgehead atoms. The van der Waals surface area contributed by atoms with Crippen LogP contribution in [0, 0.1) is 0 Å². The Morgan fingerprint density at radius 3 is 0.711 bits per heavy atom. The molecule has 0 aliphatic carbocycles. The van der Waals surface area contributed by atoms with Crippen molar-refractivity contribution in [3.63, 3.8) is 0 Å². The van der Waals surface area contributed by atoms with Crippen LogP contribution in [0.15, 0.2) is 12.7 Å². The summed E-state index contributed by atoms with van der Waals surface area (Å²) in [7, 11) is 0. The van der Waals surface area contributed by atoms with Gasteiger partial charge < -0.3 is 66.7 Å². The van der Waals surface area contributed by atoms with E-state index in [1.165, 1.54) is 0 Å². The first-order valence-corrected chi connectivity index (χ1v) is 15.6. The Morgan fingerprint density at radius 2 is 0.533 bits per heavy atom. The number of aliphatic carboxylic acids is 1. The molecule has 15 nitrogen and oxygen atoms in total. The second kappa shape index (κ2) is 40.7. The maximum atomic E-state index is 10.3. The molecule has 0 radical (unpaired) electrons. The molecule has 45 heavy (non-hydrogen) atoms. The lowest BCUT2D eigenvalue weighted by Crippen LogP contribution is -2.15. The van der Waals surface area contributed by atoms with Crippen LogP contribution in [-0.4, -0.2) is 183 Å². The van der Waals surface area contributed by atoms with Gasteiger partial charge in [0.2, 0.25) is 0 Å². The molecule has 0 saturated carbocycles. The van der Waals surface area contributed by atoms with Gasteiger partial charge in [-0.3, -0.25) is 4.79 Å². The van der Waals surface area contributed by atoms with Crippen LogP contribution >= 0.6 is 0 Å². The average Bonchev–Trinajstić information content (AvgIpc) is 3.03. The fourth-order valence-corrected chi connectivity index (χ4v) is 2.97. The smallest absolute Gasteiger partial charge is 0.305 e. The highest BCUT2D eigenvalue weighted by atomic mass is 16.6. The van der Waals surface area contributed by atoms with E-state index in [4.69, 9.17) is 66.7 Å². The molecule has 0 atom stereocenters. The van der Waals surface area contributed by atoms with Gasteiger partial charge in [0.05, 0.1) is 178 Å². The van der Waals surface area contributed by atoms with Gasteiger partial charge in [0.1, 0.15) is 0 Å². The van der Waals surface area contributed by atoms with Crippen molar-refractivity contribution in [2.45, 2.75) is 6.42 Å². The largest absolute Gasteiger partial charge is 0.481 e. The van der Waals surface area contributed by atoms with E-state index in [0.29, 0.717) is 165 Å². The lowest BCUT2D eigenvalue weighted by molar-refractivity contribution is -0.138. The first kappa shape index (κ1) is 43.7. The van der Waals surface area contributed by atoms with Crippen molar-refractivity contribution in [1.82, 2.24) is 0 Å². The standard InChI is InChI=1S/C30H58O15/c1-2-4-33-6-8-35-10-12-37-14-16-39-18-20-41-22-24-43-26-28-45-29-27-44-25-23-42-21-19-40-17-15-38-13-11-36-9-7-34-5-3-30(31)32/h2H,1,3-29H2,(H,31,32). The third-order valence-electron chi connectivity index (χ3n) is 5.16. The van der Waals surface area contributed by atoms with E-state index >= 15 is 0 Å². The summed E-state index contributed by atoms with van der Waals surface area (Å²) < 4.78 is 70.0. The third-order valence-corrected chi connectivity index (χ3v) is 5.16. The zero-order valence-electron chi connectivity index (χ0n) is 27.0. The minimum Gasteiger partial charge on any atom is -0.481 e. The molecule has 0 aliphatic heterocycles. The van der Waals surface area contributed by atoms with Crippen molar-refractivity contribution in [3.8, 4) is 0 Å². The van der Waals surface area contributed by atoms with Crippen LogP contribution in [0.2, 0.25) is 0 Å². The predicted octanol–water partition coefficient (Wildman–Crippen LogP) is 0.863. The fourth-order valence-electron chi connectivity index (χ4n) is 2.97. The van der Waals surface area contributed by atoms with Crippen LogP contribution in [0.1, 0.15) is 6.42 Å². The van der Waals surface area contributed by atoms with E-state index in [0.717, 1.165) is 0 Å². The van der Waals surface area contributed by atoms with Gasteiger partial charge in [-0.25, -0.2) is 0 Å². The quantitative estimate of drug-likeness (QED) is 0.0728. The van der Waals surface area contributed by atoms with Crippen LogP contribution in [-0.2, 0) is 66.4 Å². The minimum atomic E-state index is -0.875. The normalized spacial score (nSPS) is 11.4. The highest BCUT2D eigenvalue weighted by molar-refractivity contribution is 5.66. The van der Waals surface area contributed by atoms with E-state index in [1.54, 1.807) is 6.08 Å². The number of carboxylic acids is 1. The Bertz CT molecular complexity index is 586. The molecular formula is C30H58O15. The third kappa shape index (κ3) is 42.7. The molecule has 1 N–H and O–H groups in total. The predicted molar refractivity (Wildman–Crippen MR) is 163 cm³/mol. The summed E-state index contributed by atoms with van der Waals surface area (Å²) in [6.07, 6.45) is 1.70. The monoisotopic (exact) mass is 658 g/mol. The average molecular weight is 659 g/mol. The second-order valence-corrected chi connectivity index (χ2v) is 8.86. The summed E-state index contributed by atoms with van der Waals surface area (Å²) >= 11 is 0. The number of hydrogen-bond acceptors (Lipinski definition) is 14. The van der Waals surface area contributed by atoms with Gasteiger partial charge in [-0.1, -0.05) is 6.08 Å². The first-order valence-electron chi connectivity index (χ1n) is 15.6. The maximum Gasteiger partial charge on any atom is 0.305 e. The van der Waals surface area contributed by atoms with Crippen LogP contribution in [0.3, 0.4) is 0 Å². The van der Waals surface area contributed by atoms with Gasteiger partial charge in [-0.15, -0.1) is 6.58 Å². The summed E-state index contributed by atoms with van der Waals surface area (Å²) in [5.41, 5.74) is 0. The van der Waals surface area contributed by atoms with Gasteiger partial charge in [-0.2, -0.15) is 0 Å². The van der Waals surface area contributed by atoms with E-state index in [-0.39, 0.29) is 13.0 Å². The Hall–Kier alpha value is -1.31. The van der Waals surface area contributed by atoms with Crippen LogP contribution in [0.25, 0.3) is 0 Å². The second-order valence-electron chi connectivity index (χ2n) is 8.86. The molecule has 0 spiro atoms. The molecule has 0 aromatic rings. The van der Waals surface area contributed by atoms with Crippen molar-refractivity contribution in [3.05, 3.63) is 12.7 Å². The Kier molecular flexibility index (Phi) is 39.5. The summed E-state index contributed by atoms with van der Waals surface area (Å²) in [5.74, 6) is -0.875. The highest BCUT2D eigenvalue weighted by Crippen LogP contribution is 1.88. The molecule has 15 heteroatoms. The molecule has 0 rings (SSSR count). The number of carbonyl (C=O) groups is 1. The molecular weight excluding hydrogens is 600 g/mol. The van der Waals surface area contributed by atoms with Gasteiger partial charge >= 0.3 is 5.97 Å². The molecule has 0 heterocycles. The number of carboxylic acid groups (broad SMARTS) is 1. The molecule has 0 unspecified atom stereocenters. The van der Waals surface area contributed by atoms with Gasteiger partial charge in [0, 0.05) is 0 Å². The van der Waals surface area contributed by atoms with E-state index in [9.17, 15) is 4.79 Å². The van der Waals surface area contributed by atoms with Crippen molar-refractivity contribution in [2.75, 3.05) is 172 Å². The zero-order valence-corrected chi connectivity index (χ0v) is 27.0. The SMILES string of the molecule is C=CCOCCOCCOCCOCCOCCOCCOCCOCCOCCOCCOCCOCCOCCC(=O)O. The Morgan fingerprint density at radius 1 is 0.356 bits per heavy atom. The highest BCUT2D eigenvalue weighted by Gasteiger charge is 1.98. The topological polar surface area (TPSA) is 157 Å². The van der Waals surface area contributed by atoms with Gasteiger partial charge in [0.15, 0.2) is 0 Å². The first-order chi connectivity index (χ1) is 22.3. The van der Waals surface area contributed by atoms with Crippen LogP contribution in [0.5, 0.6) is 0 Å².